The number of rotatable bonds is 1. The van der Waals surface area contributed by atoms with Crippen LogP contribution in [0.3, 0.4) is 0 Å². The molecule has 2 rings (SSSR count). The zero-order valence-electron chi connectivity index (χ0n) is 7.64. The number of nitrogens with zero attached hydrogens (tertiary/aromatic N) is 1. The molecule has 0 aliphatic carbocycles. The molecule has 2 heterocycles. The zero-order valence-corrected chi connectivity index (χ0v) is 8.39. The van der Waals surface area contributed by atoms with Gasteiger partial charge in [-0.25, -0.2) is 14.2 Å². The van der Waals surface area contributed by atoms with E-state index in [1.165, 1.54) is 6.07 Å². The molecule has 78 valence electrons. The Morgan fingerprint density at radius 2 is 2.33 bits per heavy atom. The van der Waals surface area contributed by atoms with Crippen LogP contribution < -0.4 is 0 Å². The molecule has 0 radical (unpaired) electrons. The van der Waals surface area contributed by atoms with Crippen LogP contribution >= 0.6 is 11.6 Å². The summed E-state index contributed by atoms with van der Waals surface area (Å²) in [6.07, 6.45) is 0. The minimum Gasteiger partial charge on any atom is -0.477 e. The van der Waals surface area contributed by atoms with Crippen LogP contribution in [0.1, 0.15) is 16.2 Å². The summed E-state index contributed by atoms with van der Waals surface area (Å²) < 4.78 is 13.6. The molecule has 0 amide bonds. The van der Waals surface area contributed by atoms with Gasteiger partial charge in [0.1, 0.15) is 11.3 Å². The largest absolute Gasteiger partial charge is 0.477 e. The maximum Gasteiger partial charge on any atom is 0.352 e. The van der Waals surface area contributed by atoms with Crippen LogP contribution in [0.5, 0.6) is 0 Å². The molecule has 2 aromatic rings. The Morgan fingerprint density at radius 3 is 2.93 bits per heavy atom. The van der Waals surface area contributed by atoms with E-state index in [4.69, 9.17) is 16.7 Å². The Bertz CT molecular complexity index is 565. The number of halogens is 2. The van der Waals surface area contributed by atoms with E-state index in [0.717, 1.165) is 0 Å². The summed E-state index contributed by atoms with van der Waals surface area (Å²) in [5.74, 6) is -1.82. The van der Waals surface area contributed by atoms with Crippen molar-refractivity contribution >= 4 is 28.6 Å². The number of hydrogen-bond acceptors (Lipinski definition) is 2. The highest BCUT2D eigenvalue weighted by Crippen LogP contribution is 2.26. The number of carboxylic acids is 1. The number of hydrogen-bond donors (Lipinski definition) is 2. The number of nitrogens with one attached hydrogen (secondary N) is 1. The van der Waals surface area contributed by atoms with E-state index in [2.05, 4.69) is 9.97 Å². The summed E-state index contributed by atoms with van der Waals surface area (Å²) in [5, 5.41) is 8.70. The number of carboxylic acid groups (broad SMARTS) is 1. The molecule has 4 nitrogen and oxygen atoms in total. The quantitative estimate of drug-likeness (QED) is 0.788. The second kappa shape index (κ2) is 3.20. The van der Waals surface area contributed by atoms with Crippen LogP contribution in [0.2, 0.25) is 5.02 Å². The minimum atomic E-state index is -1.17. The van der Waals surface area contributed by atoms with Crippen molar-refractivity contribution in [2.24, 2.45) is 0 Å². The van der Waals surface area contributed by atoms with Gasteiger partial charge in [-0.1, -0.05) is 11.6 Å². The van der Waals surface area contributed by atoms with Crippen molar-refractivity contribution in [2.75, 3.05) is 0 Å². The van der Waals surface area contributed by atoms with Gasteiger partial charge in [-0.3, -0.25) is 0 Å². The Balaban J connectivity index is 2.82. The van der Waals surface area contributed by atoms with Crippen LogP contribution in [0.4, 0.5) is 4.39 Å². The number of fused-ring (bicyclic) bond motifs is 1. The highest BCUT2D eigenvalue weighted by atomic mass is 35.5. The standard InChI is InChI=1S/C9H6ClFN2O2/c1-3-6(10)7(11)4-2-5(9(14)15)13-8(4)12-3/h2H,1H3,(H,12,13)(H,14,15). The molecule has 0 spiro atoms. The van der Waals surface area contributed by atoms with Gasteiger partial charge in [0.05, 0.1) is 16.1 Å². The summed E-state index contributed by atoms with van der Waals surface area (Å²) in [6, 6.07) is 1.17. The number of pyridine rings is 1. The van der Waals surface area contributed by atoms with E-state index in [1.54, 1.807) is 6.92 Å². The van der Waals surface area contributed by atoms with E-state index in [9.17, 15) is 9.18 Å². The van der Waals surface area contributed by atoms with Crippen LogP contribution in [-0.4, -0.2) is 21.0 Å². The molecule has 0 unspecified atom stereocenters. The van der Waals surface area contributed by atoms with E-state index in [0.29, 0.717) is 5.69 Å². The Hall–Kier alpha value is -1.62. The third-order valence-electron chi connectivity index (χ3n) is 2.05. The smallest absolute Gasteiger partial charge is 0.352 e. The molecule has 0 aliphatic heterocycles. The van der Waals surface area contributed by atoms with E-state index < -0.39 is 11.8 Å². The van der Waals surface area contributed by atoms with Crippen LogP contribution in [0.25, 0.3) is 11.0 Å². The van der Waals surface area contributed by atoms with Crippen molar-refractivity contribution in [3.8, 4) is 0 Å². The van der Waals surface area contributed by atoms with Crippen molar-refractivity contribution in [2.45, 2.75) is 6.92 Å². The maximum absolute atomic E-state index is 13.6. The summed E-state index contributed by atoms with van der Waals surface area (Å²) in [7, 11) is 0. The topological polar surface area (TPSA) is 66.0 Å². The van der Waals surface area contributed by atoms with Crippen molar-refractivity contribution in [1.82, 2.24) is 9.97 Å². The second-order valence-corrected chi connectivity index (χ2v) is 3.45. The lowest BCUT2D eigenvalue weighted by Crippen LogP contribution is -1.95. The van der Waals surface area contributed by atoms with Gasteiger partial charge >= 0.3 is 5.97 Å². The molecule has 0 bridgehead atoms. The second-order valence-electron chi connectivity index (χ2n) is 3.08. The van der Waals surface area contributed by atoms with Crippen molar-refractivity contribution in [3.63, 3.8) is 0 Å². The third-order valence-corrected chi connectivity index (χ3v) is 2.49. The first-order chi connectivity index (χ1) is 7.00. The normalized spacial score (nSPS) is 10.9. The van der Waals surface area contributed by atoms with Gasteiger partial charge in [-0.15, -0.1) is 0 Å². The number of carbonyl (C=O) groups is 1. The molecular formula is C9H6ClFN2O2. The predicted molar refractivity (Wildman–Crippen MR) is 52.8 cm³/mol. The molecule has 15 heavy (non-hydrogen) atoms. The summed E-state index contributed by atoms with van der Waals surface area (Å²) in [5.41, 5.74) is 0.394. The monoisotopic (exact) mass is 228 g/mol. The van der Waals surface area contributed by atoms with Crippen molar-refractivity contribution in [1.29, 1.82) is 0 Å². The SMILES string of the molecule is Cc1nc2[nH]c(C(=O)O)cc2c(F)c1Cl. The fraction of sp³-hybridized carbons (Fsp3) is 0.111. The van der Waals surface area contributed by atoms with Crippen LogP contribution in [0.15, 0.2) is 6.07 Å². The third kappa shape index (κ3) is 1.45. The molecular weight excluding hydrogens is 223 g/mol. The fourth-order valence-electron chi connectivity index (χ4n) is 1.31. The van der Waals surface area contributed by atoms with Crippen LogP contribution in [0, 0.1) is 12.7 Å². The lowest BCUT2D eigenvalue weighted by Gasteiger charge is -1.98. The predicted octanol–water partition coefficient (Wildman–Crippen LogP) is 2.36. The molecule has 0 aromatic carbocycles. The van der Waals surface area contributed by atoms with Crippen molar-refractivity contribution < 1.29 is 14.3 Å². The van der Waals surface area contributed by atoms with Gasteiger partial charge in [0.25, 0.3) is 0 Å². The van der Waals surface area contributed by atoms with Gasteiger partial charge in [-0.2, -0.15) is 0 Å². The average molecular weight is 229 g/mol. The average Bonchev–Trinajstić information content (AvgIpc) is 2.58. The highest BCUT2D eigenvalue weighted by molar-refractivity contribution is 6.32. The highest BCUT2D eigenvalue weighted by Gasteiger charge is 2.15. The van der Waals surface area contributed by atoms with Gasteiger partial charge in [0.2, 0.25) is 0 Å². The maximum atomic E-state index is 13.6. The number of H-pyrrole nitrogens is 1. The van der Waals surface area contributed by atoms with Gasteiger partial charge in [0.15, 0.2) is 5.82 Å². The Morgan fingerprint density at radius 1 is 1.67 bits per heavy atom. The first-order valence-electron chi connectivity index (χ1n) is 4.08. The molecule has 6 heteroatoms. The summed E-state index contributed by atoms with van der Waals surface area (Å²) in [4.78, 5) is 17.1. The molecule has 2 N–H and O–H groups in total. The molecule has 0 fully saturated rings. The number of aromatic carboxylic acids is 1. The number of aryl methyl sites for hydroxylation is 1. The van der Waals surface area contributed by atoms with Gasteiger partial charge < -0.3 is 10.1 Å². The first kappa shape index (κ1) is 9.92. The molecule has 2 aromatic heterocycles. The van der Waals surface area contributed by atoms with Gasteiger partial charge in [-0.05, 0) is 13.0 Å². The van der Waals surface area contributed by atoms with E-state index in [-0.39, 0.29) is 21.7 Å². The Kier molecular flexibility index (Phi) is 2.12. The lowest BCUT2D eigenvalue weighted by atomic mass is 10.2. The van der Waals surface area contributed by atoms with Crippen molar-refractivity contribution in [3.05, 3.63) is 28.3 Å². The zero-order chi connectivity index (χ0) is 11.2. The van der Waals surface area contributed by atoms with Gasteiger partial charge in [0, 0.05) is 0 Å². The molecule has 0 atom stereocenters. The van der Waals surface area contributed by atoms with Crippen LogP contribution in [-0.2, 0) is 0 Å². The first-order valence-corrected chi connectivity index (χ1v) is 4.46. The minimum absolute atomic E-state index is 0.0848. The lowest BCUT2D eigenvalue weighted by molar-refractivity contribution is 0.0691. The molecule has 0 saturated carbocycles. The Labute approximate surface area is 88.7 Å². The summed E-state index contributed by atoms with van der Waals surface area (Å²) >= 11 is 5.65. The molecule has 0 saturated heterocycles. The number of aromatic amines is 1. The number of aromatic nitrogens is 2. The fourth-order valence-corrected chi connectivity index (χ4v) is 1.45. The summed E-state index contributed by atoms with van der Waals surface area (Å²) in [6.45, 7) is 1.55. The van der Waals surface area contributed by atoms with E-state index >= 15 is 0 Å². The molecule has 0 aliphatic rings. The van der Waals surface area contributed by atoms with E-state index in [1.807, 2.05) is 0 Å².